The number of ketones is 1. The van der Waals surface area contributed by atoms with Gasteiger partial charge in [0.15, 0.2) is 5.78 Å². The van der Waals surface area contributed by atoms with Gasteiger partial charge >= 0.3 is 0 Å². The highest BCUT2D eigenvalue weighted by atomic mass is 35.5. The third-order valence-corrected chi connectivity index (χ3v) is 3.82. The van der Waals surface area contributed by atoms with Crippen LogP contribution in [-0.4, -0.2) is 15.6 Å². The molecule has 1 aromatic heterocycles. The highest BCUT2D eigenvalue weighted by Crippen LogP contribution is 2.23. The average molecular weight is 297 g/mol. The van der Waals surface area contributed by atoms with Gasteiger partial charge in [0.05, 0.1) is 5.69 Å². The van der Waals surface area contributed by atoms with E-state index < -0.39 is 0 Å². The molecule has 0 atom stereocenters. The molecule has 0 aliphatic rings. The molecule has 0 bridgehead atoms. The summed E-state index contributed by atoms with van der Waals surface area (Å²) >= 11 is 12.1. The molecular formula is C14H14Cl2N2O. The van der Waals surface area contributed by atoms with Crippen LogP contribution >= 0.6 is 23.2 Å². The van der Waals surface area contributed by atoms with E-state index in [9.17, 15) is 4.79 Å². The molecule has 0 amide bonds. The van der Waals surface area contributed by atoms with Gasteiger partial charge in [0.1, 0.15) is 5.15 Å². The van der Waals surface area contributed by atoms with Gasteiger partial charge in [0.2, 0.25) is 0 Å². The van der Waals surface area contributed by atoms with Gasteiger partial charge in [0, 0.05) is 29.6 Å². The normalized spacial score (nSPS) is 10.8. The van der Waals surface area contributed by atoms with Crippen LogP contribution in [0, 0.1) is 13.8 Å². The highest BCUT2D eigenvalue weighted by molar-refractivity contribution is 6.31. The third kappa shape index (κ3) is 2.82. The van der Waals surface area contributed by atoms with E-state index in [-0.39, 0.29) is 12.2 Å². The topological polar surface area (TPSA) is 34.9 Å². The molecule has 3 nitrogen and oxygen atoms in total. The van der Waals surface area contributed by atoms with Crippen molar-refractivity contribution in [3.8, 4) is 0 Å². The lowest BCUT2D eigenvalue weighted by molar-refractivity contribution is 0.0992. The lowest BCUT2D eigenvalue weighted by Crippen LogP contribution is -2.06. The van der Waals surface area contributed by atoms with E-state index in [1.165, 1.54) is 0 Å². The van der Waals surface area contributed by atoms with Crippen molar-refractivity contribution in [2.75, 3.05) is 0 Å². The number of nitrogens with zero attached hydrogens (tertiary/aromatic N) is 2. The van der Waals surface area contributed by atoms with E-state index in [4.69, 9.17) is 23.2 Å². The van der Waals surface area contributed by atoms with Gasteiger partial charge in [-0.25, -0.2) is 0 Å². The molecule has 0 spiro atoms. The molecule has 1 heterocycles. The first-order valence-electron chi connectivity index (χ1n) is 5.87. The Hall–Kier alpha value is -1.32. The van der Waals surface area contributed by atoms with Gasteiger partial charge in [0.25, 0.3) is 0 Å². The molecule has 0 fully saturated rings. The van der Waals surface area contributed by atoms with Gasteiger partial charge in [-0.2, -0.15) is 5.10 Å². The van der Waals surface area contributed by atoms with E-state index in [0.717, 1.165) is 16.8 Å². The first-order valence-corrected chi connectivity index (χ1v) is 6.63. The fourth-order valence-corrected chi connectivity index (χ4v) is 2.44. The first-order chi connectivity index (χ1) is 8.90. The van der Waals surface area contributed by atoms with Crippen LogP contribution in [0.2, 0.25) is 10.2 Å². The molecule has 0 aliphatic carbocycles. The SMILES string of the molecule is Cc1ccc(Cl)cc1C(=O)Cc1c(C)nn(C)c1Cl. The monoisotopic (exact) mass is 296 g/mol. The number of carbonyl (C=O) groups is 1. The minimum absolute atomic E-state index is 0.00185. The molecule has 2 aromatic rings. The molecule has 5 heteroatoms. The van der Waals surface area contributed by atoms with Crippen LogP contribution in [-0.2, 0) is 13.5 Å². The number of Topliss-reactive ketones (excluding diaryl/α,β-unsaturated/α-hetero) is 1. The molecule has 0 radical (unpaired) electrons. The quantitative estimate of drug-likeness (QED) is 0.808. The molecular weight excluding hydrogens is 283 g/mol. The van der Waals surface area contributed by atoms with Crippen LogP contribution in [0.25, 0.3) is 0 Å². The maximum absolute atomic E-state index is 12.3. The Bertz CT molecular complexity index is 647. The number of aromatic nitrogens is 2. The van der Waals surface area contributed by atoms with Crippen LogP contribution in [0.4, 0.5) is 0 Å². The average Bonchev–Trinajstić information content (AvgIpc) is 2.59. The maximum atomic E-state index is 12.3. The standard InChI is InChI=1S/C14H14Cl2N2O/c1-8-4-5-10(15)6-11(8)13(19)7-12-9(2)17-18(3)14(12)16/h4-6H,7H2,1-3H3. The second-order valence-electron chi connectivity index (χ2n) is 4.54. The Morgan fingerprint density at radius 2 is 2.00 bits per heavy atom. The van der Waals surface area contributed by atoms with Crippen molar-refractivity contribution in [1.29, 1.82) is 0 Å². The molecule has 0 N–H and O–H groups in total. The lowest BCUT2D eigenvalue weighted by atomic mass is 10.00. The molecule has 2 rings (SSSR count). The molecule has 0 unspecified atom stereocenters. The van der Waals surface area contributed by atoms with Crippen molar-refractivity contribution < 1.29 is 4.79 Å². The van der Waals surface area contributed by atoms with Gasteiger partial charge in [-0.1, -0.05) is 29.3 Å². The number of hydrogen-bond acceptors (Lipinski definition) is 2. The Kier molecular flexibility index (Phi) is 3.97. The number of halogens is 2. The lowest BCUT2D eigenvalue weighted by Gasteiger charge is -2.05. The Morgan fingerprint density at radius 1 is 1.32 bits per heavy atom. The molecule has 19 heavy (non-hydrogen) atoms. The summed E-state index contributed by atoms with van der Waals surface area (Å²) in [6.45, 7) is 3.74. The van der Waals surface area contributed by atoms with Crippen molar-refractivity contribution in [3.05, 3.63) is 50.8 Å². The summed E-state index contributed by atoms with van der Waals surface area (Å²) in [5, 5.41) is 5.27. The van der Waals surface area contributed by atoms with Crippen LogP contribution in [0.3, 0.4) is 0 Å². The minimum atomic E-state index is -0.00185. The van der Waals surface area contributed by atoms with E-state index in [2.05, 4.69) is 5.10 Å². The molecule has 0 aliphatic heterocycles. The second-order valence-corrected chi connectivity index (χ2v) is 5.33. The Labute approximate surface area is 122 Å². The van der Waals surface area contributed by atoms with E-state index >= 15 is 0 Å². The van der Waals surface area contributed by atoms with E-state index in [0.29, 0.717) is 15.7 Å². The number of aryl methyl sites for hydroxylation is 3. The first kappa shape index (κ1) is 14.1. The number of hydrogen-bond donors (Lipinski definition) is 0. The van der Waals surface area contributed by atoms with Gasteiger partial charge < -0.3 is 0 Å². The zero-order valence-electron chi connectivity index (χ0n) is 11.0. The number of benzene rings is 1. The summed E-state index contributed by atoms with van der Waals surface area (Å²) in [5.74, 6) is -0.00185. The van der Waals surface area contributed by atoms with Gasteiger partial charge in [-0.3, -0.25) is 9.48 Å². The fourth-order valence-electron chi connectivity index (χ4n) is 2.03. The zero-order valence-corrected chi connectivity index (χ0v) is 12.5. The van der Waals surface area contributed by atoms with Crippen LogP contribution in [0.5, 0.6) is 0 Å². The molecule has 0 saturated heterocycles. The second kappa shape index (κ2) is 5.35. The smallest absolute Gasteiger partial charge is 0.167 e. The Morgan fingerprint density at radius 3 is 2.58 bits per heavy atom. The van der Waals surface area contributed by atoms with Gasteiger partial charge in [-0.15, -0.1) is 0 Å². The largest absolute Gasteiger partial charge is 0.294 e. The van der Waals surface area contributed by atoms with Crippen LogP contribution in [0.15, 0.2) is 18.2 Å². The summed E-state index contributed by atoms with van der Waals surface area (Å²) in [5.41, 5.74) is 3.09. The summed E-state index contributed by atoms with van der Waals surface area (Å²) < 4.78 is 1.57. The van der Waals surface area contributed by atoms with Crippen LogP contribution in [0.1, 0.15) is 27.2 Å². The van der Waals surface area contributed by atoms with Crippen molar-refractivity contribution in [2.24, 2.45) is 7.05 Å². The summed E-state index contributed by atoms with van der Waals surface area (Å²) in [6, 6.07) is 5.31. The fraction of sp³-hybridized carbons (Fsp3) is 0.286. The van der Waals surface area contributed by atoms with Crippen molar-refractivity contribution >= 4 is 29.0 Å². The molecule has 0 saturated carbocycles. The number of carbonyl (C=O) groups excluding carboxylic acids is 1. The number of rotatable bonds is 3. The summed E-state index contributed by atoms with van der Waals surface area (Å²) in [7, 11) is 1.76. The maximum Gasteiger partial charge on any atom is 0.167 e. The zero-order chi connectivity index (χ0) is 14.2. The predicted molar refractivity (Wildman–Crippen MR) is 77.2 cm³/mol. The minimum Gasteiger partial charge on any atom is -0.294 e. The van der Waals surface area contributed by atoms with Crippen molar-refractivity contribution in [3.63, 3.8) is 0 Å². The van der Waals surface area contributed by atoms with Crippen molar-refractivity contribution in [2.45, 2.75) is 20.3 Å². The van der Waals surface area contributed by atoms with Crippen LogP contribution < -0.4 is 0 Å². The third-order valence-electron chi connectivity index (χ3n) is 3.11. The summed E-state index contributed by atoms with van der Waals surface area (Å²) in [4.78, 5) is 12.3. The Balaban J connectivity index is 2.33. The van der Waals surface area contributed by atoms with E-state index in [1.807, 2.05) is 19.9 Å². The highest BCUT2D eigenvalue weighted by Gasteiger charge is 2.17. The summed E-state index contributed by atoms with van der Waals surface area (Å²) in [6.07, 6.45) is 0.236. The van der Waals surface area contributed by atoms with Gasteiger partial charge in [-0.05, 0) is 31.5 Å². The molecule has 100 valence electrons. The van der Waals surface area contributed by atoms with E-state index in [1.54, 1.807) is 23.9 Å². The molecule has 1 aromatic carbocycles. The predicted octanol–water partition coefficient (Wildman–Crippen LogP) is 3.77. The van der Waals surface area contributed by atoms with Crippen molar-refractivity contribution in [1.82, 2.24) is 9.78 Å².